The summed E-state index contributed by atoms with van der Waals surface area (Å²) in [4.78, 5) is 17.6. The van der Waals surface area contributed by atoms with Crippen molar-refractivity contribution in [1.82, 2.24) is 0 Å². The molecule has 0 bridgehead atoms. The molecule has 8 heavy (non-hydrogen) atoms. The summed E-state index contributed by atoms with van der Waals surface area (Å²) in [7, 11) is 0. The molecule has 0 aliphatic carbocycles. The average Bonchev–Trinajstić information content (AvgIpc) is 1.75. The fourth-order valence-electron chi connectivity index (χ4n) is 0. The van der Waals surface area contributed by atoms with E-state index in [9.17, 15) is 0 Å². The number of hydrogen-bond acceptors (Lipinski definition) is 2. The first kappa shape index (κ1) is 15.7. The van der Waals surface area contributed by atoms with Gasteiger partial charge in [0.15, 0.2) is 0 Å². The van der Waals surface area contributed by atoms with E-state index in [0.717, 1.165) is 12.6 Å². The van der Waals surface area contributed by atoms with Gasteiger partial charge in [0, 0.05) is 1.43 Å². The largest absolute Gasteiger partial charge is 0 e. The first-order chi connectivity index (χ1) is 3.83. The van der Waals surface area contributed by atoms with Crippen LogP contribution in [0.15, 0.2) is 0 Å². The molecule has 0 aliphatic rings. The maximum absolute atomic E-state index is 8.81. The minimum absolute atomic E-state index is 0. The van der Waals surface area contributed by atoms with E-state index in [0.29, 0.717) is 0 Å². The van der Waals surface area contributed by atoms with E-state index < -0.39 is 0 Å². The molecule has 0 aromatic heterocycles. The van der Waals surface area contributed by atoms with E-state index in [2.05, 4.69) is 6.65 Å². The third-order valence-corrected chi connectivity index (χ3v) is 0. The van der Waals surface area contributed by atoms with Gasteiger partial charge < -0.3 is 9.59 Å². The second-order valence-electron chi connectivity index (χ2n) is 0.471. The Morgan fingerprint density at radius 2 is 1.25 bits per heavy atom. The van der Waals surface area contributed by atoms with Crippen LogP contribution in [-0.2, 0) is 14.2 Å². The van der Waals surface area contributed by atoms with Gasteiger partial charge in [-0.15, -0.1) is 0 Å². The maximum Gasteiger partial charge on any atom is 0 e. The predicted octanol–water partition coefficient (Wildman–Crippen LogP) is 0.619. The Balaban J connectivity index is -0.0000000202. The zero-order valence-electron chi connectivity index (χ0n) is 4.88. The molecule has 0 atom stereocenters. The van der Waals surface area contributed by atoms with E-state index in [1.165, 1.54) is 13.8 Å². The standard InChI is InChI=1S/2C2H4O.CO.H2/c2*1-2-3;1-2;/h2*2H,1H3;;1H. The molecule has 0 amide bonds. The number of hydrogen-bond donors (Lipinski definition) is 0. The minimum Gasteiger partial charge on any atom is 0 e. The van der Waals surface area contributed by atoms with Gasteiger partial charge in [-0.1, -0.05) is 0 Å². The summed E-state index contributed by atoms with van der Waals surface area (Å²) in [6.07, 6.45) is 1.50. The van der Waals surface area contributed by atoms with Crippen LogP contribution < -0.4 is 0 Å². The number of rotatable bonds is 0. The van der Waals surface area contributed by atoms with Crippen molar-refractivity contribution in [2.75, 3.05) is 0 Å². The monoisotopic (exact) mass is 118 g/mol. The molecule has 0 aliphatic heterocycles. The molecule has 0 aromatic carbocycles. The van der Waals surface area contributed by atoms with Crippen LogP contribution >= 0.6 is 0 Å². The zero-order valence-corrected chi connectivity index (χ0v) is 4.88. The average molecular weight is 118 g/mol. The van der Waals surface area contributed by atoms with Crippen molar-refractivity contribution in [2.24, 2.45) is 0 Å². The van der Waals surface area contributed by atoms with Gasteiger partial charge in [-0.25, -0.2) is 0 Å². The van der Waals surface area contributed by atoms with Gasteiger partial charge >= 0.3 is 11.3 Å². The molecule has 0 unspecified atom stereocenters. The molecule has 0 fully saturated rings. The Hall–Kier alpha value is -0.920. The van der Waals surface area contributed by atoms with Gasteiger partial charge in [0.2, 0.25) is 0 Å². The summed E-state index contributed by atoms with van der Waals surface area (Å²) in [5.74, 6) is 0. The van der Waals surface area contributed by atoms with Gasteiger partial charge in [0.05, 0.1) is 0 Å². The Kier molecular flexibility index (Phi) is 264. The molecule has 0 radical (unpaired) electrons. The van der Waals surface area contributed by atoms with Crippen molar-refractivity contribution >= 4 is 12.6 Å². The van der Waals surface area contributed by atoms with Crippen molar-refractivity contribution < 1.29 is 15.7 Å². The molecule has 0 saturated carbocycles. The second-order valence-corrected chi connectivity index (χ2v) is 0.471. The normalized spacial score (nSPS) is 3.50. The summed E-state index contributed by atoms with van der Waals surface area (Å²) < 4.78 is 7.50. The van der Waals surface area contributed by atoms with E-state index in [-0.39, 0.29) is 1.43 Å². The number of carbonyl (C=O) groups excluding carboxylic acids is 2. The van der Waals surface area contributed by atoms with E-state index in [4.69, 9.17) is 14.2 Å². The molecule has 3 heteroatoms. The van der Waals surface area contributed by atoms with Gasteiger partial charge in [0.25, 0.3) is 0 Å². The molecule has 3 nitrogen and oxygen atoms in total. The Morgan fingerprint density at radius 1 is 1.25 bits per heavy atom. The van der Waals surface area contributed by atoms with Crippen molar-refractivity contribution in [3.8, 4) is 0 Å². The molecular formula is C5H10O3. The molecule has 48 valence electrons. The molecule has 0 rings (SSSR count). The number of carbonyl (C=O) groups is 2. The first-order valence-corrected chi connectivity index (χ1v) is 1.83. The quantitative estimate of drug-likeness (QED) is 0.266. The van der Waals surface area contributed by atoms with Crippen LogP contribution in [0.5, 0.6) is 0 Å². The third-order valence-electron chi connectivity index (χ3n) is 0. The summed E-state index contributed by atoms with van der Waals surface area (Å²) in [6, 6.07) is 0. The molecule has 0 spiro atoms. The Bertz CT molecular complexity index is 54.5. The van der Waals surface area contributed by atoms with Crippen molar-refractivity contribution in [3.63, 3.8) is 0 Å². The van der Waals surface area contributed by atoms with Crippen LogP contribution in [-0.4, -0.2) is 12.6 Å². The number of aldehydes is 2. The van der Waals surface area contributed by atoms with Crippen LogP contribution in [0.4, 0.5) is 0 Å². The third kappa shape index (κ3) is 99.9. The van der Waals surface area contributed by atoms with Crippen molar-refractivity contribution in [2.45, 2.75) is 13.8 Å². The summed E-state index contributed by atoms with van der Waals surface area (Å²) in [5.41, 5.74) is 0. The summed E-state index contributed by atoms with van der Waals surface area (Å²) >= 11 is 0. The van der Waals surface area contributed by atoms with Crippen LogP contribution in [0.1, 0.15) is 15.3 Å². The predicted molar refractivity (Wildman–Crippen MR) is 29.5 cm³/mol. The second kappa shape index (κ2) is 135. The topological polar surface area (TPSA) is 54.0 Å². The minimum atomic E-state index is 0. The van der Waals surface area contributed by atoms with E-state index in [1.807, 2.05) is 0 Å². The Morgan fingerprint density at radius 3 is 1.25 bits per heavy atom. The maximum atomic E-state index is 8.81. The smallest absolute Gasteiger partial charge is 0 e. The fraction of sp³-hybridized carbons (Fsp3) is 0.400. The van der Waals surface area contributed by atoms with E-state index in [1.54, 1.807) is 0 Å². The fourth-order valence-corrected chi connectivity index (χ4v) is 0. The Labute approximate surface area is 49.9 Å². The van der Waals surface area contributed by atoms with Crippen LogP contribution in [0.3, 0.4) is 0 Å². The first-order valence-electron chi connectivity index (χ1n) is 1.83. The van der Waals surface area contributed by atoms with Crippen molar-refractivity contribution in [1.29, 1.82) is 0 Å². The molecule has 0 saturated heterocycles. The zero-order chi connectivity index (χ0) is 7.41. The molecule has 0 aromatic rings. The summed E-state index contributed by atoms with van der Waals surface area (Å²) in [6.45, 7) is 7.39. The van der Waals surface area contributed by atoms with Gasteiger partial charge in [-0.05, 0) is 13.8 Å². The SMILES string of the molecule is CC=O.CC=O.[C-]#[O+].[HH]. The molecular weight excluding hydrogens is 108 g/mol. The molecule has 0 N–H and O–H groups in total. The molecule has 0 heterocycles. The van der Waals surface area contributed by atoms with Crippen molar-refractivity contribution in [3.05, 3.63) is 6.65 Å². The van der Waals surface area contributed by atoms with E-state index >= 15 is 0 Å². The van der Waals surface area contributed by atoms with Crippen LogP contribution in [0.2, 0.25) is 0 Å². The van der Waals surface area contributed by atoms with Gasteiger partial charge in [-0.3, -0.25) is 0 Å². The van der Waals surface area contributed by atoms with Crippen LogP contribution in [0, 0.1) is 6.65 Å². The summed E-state index contributed by atoms with van der Waals surface area (Å²) in [5, 5.41) is 0. The van der Waals surface area contributed by atoms with Crippen LogP contribution in [0.25, 0.3) is 0 Å². The van der Waals surface area contributed by atoms with Gasteiger partial charge in [-0.2, -0.15) is 0 Å². The van der Waals surface area contributed by atoms with Gasteiger partial charge in [0.1, 0.15) is 12.6 Å².